The minimum absolute atomic E-state index is 0.532. The van der Waals surface area contributed by atoms with Crippen LogP contribution in [0.25, 0.3) is 0 Å². The normalized spacial score (nSPS) is 28.1. The summed E-state index contributed by atoms with van der Waals surface area (Å²) in [5.41, 5.74) is 8.67. The van der Waals surface area contributed by atoms with Crippen molar-refractivity contribution in [1.29, 1.82) is 0 Å². The molecule has 14 heavy (non-hydrogen) atoms. The summed E-state index contributed by atoms with van der Waals surface area (Å²) >= 11 is 0. The Balaban J connectivity index is 2.64. The van der Waals surface area contributed by atoms with Crippen LogP contribution in [0.15, 0.2) is 23.4 Å². The van der Waals surface area contributed by atoms with E-state index in [-0.39, 0.29) is 0 Å². The highest BCUT2D eigenvalue weighted by Gasteiger charge is 2.31. The topological polar surface area (TPSA) is 26.0 Å². The van der Waals surface area contributed by atoms with E-state index in [1.807, 2.05) is 13.0 Å². The molecule has 0 aromatic rings. The van der Waals surface area contributed by atoms with Gasteiger partial charge >= 0.3 is 0 Å². The standard InChI is InChI=1S/C13H23N/c1-5-12(14)8-10(2)11-6-7-13(3,4)9-11/h5,8,11H,6-7,9,14H2,1-4H3/b10-8+,12-5+. The minimum Gasteiger partial charge on any atom is -0.399 e. The van der Waals surface area contributed by atoms with Gasteiger partial charge in [0.15, 0.2) is 0 Å². The van der Waals surface area contributed by atoms with E-state index >= 15 is 0 Å². The predicted octanol–water partition coefficient (Wildman–Crippen LogP) is 3.62. The first-order valence-electron chi connectivity index (χ1n) is 5.54. The van der Waals surface area contributed by atoms with Gasteiger partial charge in [-0.1, -0.05) is 25.5 Å². The zero-order valence-electron chi connectivity index (χ0n) is 9.93. The summed E-state index contributed by atoms with van der Waals surface area (Å²) in [7, 11) is 0. The summed E-state index contributed by atoms with van der Waals surface area (Å²) in [6.45, 7) is 8.92. The molecule has 1 saturated carbocycles. The highest BCUT2D eigenvalue weighted by atomic mass is 14.6. The van der Waals surface area contributed by atoms with Gasteiger partial charge in [-0.15, -0.1) is 0 Å². The van der Waals surface area contributed by atoms with E-state index in [1.54, 1.807) is 0 Å². The van der Waals surface area contributed by atoms with Crippen LogP contribution >= 0.6 is 0 Å². The molecular weight excluding hydrogens is 170 g/mol. The molecule has 1 nitrogen and oxygen atoms in total. The Kier molecular flexibility index (Phi) is 3.41. The molecule has 1 aliphatic rings. The van der Waals surface area contributed by atoms with Crippen molar-refractivity contribution >= 4 is 0 Å². The van der Waals surface area contributed by atoms with Crippen molar-refractivity contribution in [3.63, 3.8) is 0 Å². The number of hydrogen-bond acceptors (Lipinski definition) is 1. The third kappa shape index (κ3) is 2.90. The lowest BCUT2D eigenvalue weighted by Gasteiger charge is -2.17. The number of nitrogens with two attached hydrogens (primary N) is 1. The Bertz CT molecular complexity index is 258. The summed E-state index contributed by atoms with van der Waals surface area (Å²) in [5, 5.41) is 0. The van der Waals surface area contributed by atoms with Crippen LogP contribution in [0.4, 0.5) is 0 Å². The summed E-state index contributed by atoms with van der Waals surface area (Å²) in [4.78, 5) is 0. The van der Waals surface area contributed by atoms with Crippen molar-refractivity contribution in [1.82, 2.24) is 0 Å². The van der Waals surface area contributed by atoms with Gasteiger partial charge in [0.05, 0.1) is 0 Å². The van der Waals surface area contributed by atoms with Gasteiger partial charge in [0.1, 0.15) is 0 Å². The second-order valence-corrected chi connectivity index (χ2v) is 5.28. The maximum absolute atomic E-state index is 5.79. The first kappa shape index (κ1) is 11.4. The molecule has 0 aliphatic heterocycles. The molecule has 1 fully saturated rings. The Morgan fingerprint density at radius 2 is 2.07 bits per heavy atom. The van der Waals surface area contributed by atoms with Crippen molar-refractivity contribution in [2.24, 2.45) is 17.1 Å². The SMILES string of the molecule is C/C=C(N)\C=C(/C)C1CCC(C)(C)C1. The van der Waals surface area contributed by atoms with Gasteiger partial charge in [0.2, 0.25) is 0 Å². The second kappa shape index (κ2) is 4.20. The Hall–Kier alpha value is -0.720. The van der Waals surface area contributed by atoms with Crippen molar-refractivity contribution in [2.75, 3.05) is 0 Å². The smallest absolute Gasteiger partial charge is 0.0270 e. The molecule has 1 aliphatic carbocycles. The first-order valence-corrected chi connectivity index (χ1v) is 5.54. The van der Waals surface area contributed by atoms with Crippen LogP contribution in [-0.4, -0.2) is 0 Å². The van der Waals surface area contributed by atoms with Crippen LogP contribution in [0.2, 0.25) is 0 Å². The van der Waals surface area contributed by atoms with E-state index in [9.17, 15) is 0 Å². The average Bonchev–Trinajstić information content (AvgIpc) is 2.46. The van der Waals surface area contributed by atoms with Crippen molar-refractivity contribution < 1.29 is 0 Å². The van der Waals surface area contributed by atoms with E-state index in [0.717, 1.165) is 11.6 Å². The summed E-state index contributed by atoms with van der Waals surface area (Å²) < 4.78 is 0. The van der Waals surface area contributed by atoms with Crippen LogP contribution in [0, 0.1) is 11.3 Å². The summed E-state index contributed by atoms with van der Waals surface area (Å²) in [6, 6.07) is 0. The van der Waals surface area contributed by atoms with Gasteiger partial charge in [-0.25, -0.2) is 0 Å². The van der Waals surface area contributed by atoms with E-state index in [1.165, 1.54) is 24.8 Å². The van der Waals surface area contributed by atoms with Crippen molar-refractivity contribution in [3.05, 3.63) is 23.4 Å². The molecule has 2 N–H and O–H groups in total. The third-order valence-electron chi connectivity index (χ3n) is 3.34. The van der Waals surface area contributed by atoms with Gasteiger partial charge in [-0.3, -0.25) is 0 Å². The molecule has 1 heteroatoms. The molecular formula is C13H23N. The molecule has 0 spiro atoms. The second-order valence-electron chi connectivity index (χ2n) is 5.28. The monoisotopic (exact) mass is 193 g/mol. The third-order valence-corrected chi connectivity index (χ3v) is 3.34. The molecule has 0 saturated heterocycles. The molecule has 0 heterocycles. The van der Waals surface area contributed by atoms with Crippen LogP contribution < -0.4 is 5.73 Å². The zero-order valence-corrected chi connectivity index (χ0v) is 9.93. The van der Waals surface area contributed by atoms with E-state index in [2.05, 4.69) is 26.8 Å². The molecule has 1 unspecified atom stereocenters. The number of rotatable bonds is 2. The fourth-order valence-corrected chi connectivity index (χ4v) is 2.29. The van der Waals surface area contributed by atoms with Gasteiger partial charge in [0.25, 0.3) is 0 Å². The van der Waals surface area contributed by atoms with Gasteiger partial charge in [-0.05, 0) is 50.5 Å². The largest absolute Gasteiger partial charge is 0.399 e. The highest BCUT2D eigenvalue weighted by molar-refractivity contribution is 5.21. The lowest BCUT2D eigenvalue weighted by atomic mass is 9.88. The van der Waals surface area contributed by atoms with Gasteiger partial charge in [-0.2, -0.15) is 0 Å². The van der Waals surface area contributed by atoms with E-state index < -0.39 is 0 Å². The lowest BCUT2D eigenvalue weighted by molar-refractivity contribution is 0.370. The quantitative estimate of drug-likeness (QED) is 0.666. The van der Waals surface area contributed by atoms with Crippen LogP contribution in [0.5, 0.6) is 0 Å². The maximum Gasteiger partial charge on any atom is 0.0270 e. The predicted molar refractivity (Wildman–Crippen MR) is 62.8 cm³/mol. The zero-order chi connectivity index (χ0) is 10.8. The average molecular weight is 193 g/mol. The minimum atomic E-state index is 0.532. The first-order chi connectivity index (χ1) is 6.44. The van der Waals surface area contributed by atoms with Crippen LogP contribution in [0.3, 0.4) is 0 Å². The molecule has 1 atom stereocenters. The Morgan fingerprint density at radius 3 is 2.50 bits per heavy atom. The molecule has 0 aromatic heterocycles. The molecule has 1 rings (SSSR count). The van der Waals surface area contributed by atoms with Crippen molar-refractivity contribution in [2.45, 2.75) is 47.0 Å². The molecule has 0 amide bonds. The van der Waals surface area contributed by atoms with Crippen LogP contribution in [-0.2, 0) is 0 Å². The number of hydrogen-bond donors (Lipinski definition) is 1. The summed E-state index contributed by atoms with van der Waals surface area (Å²) in [6.07, 6.45) is 8.08. The summed E-state index contributed by atoms with van der Waals surface area (Å²) in [5.74, 6) is 0.753. The Morgan fingerprint density at radius 1 is 1.43 bits per heavy atom. The lowest BCUT2D eigenvalue weighted by Crippen LogP contribution is -2.06. The van der Waals surface area contributed by atoms with E-state index in [0.29, 0.717) is 5.41 Å². The van der Waals surface area contributed by atoms with E-state index in [4.69, 9.17) is 5.73 Å². The fourth-order valence-electron chi connectivity index (χ4n) is 2.29. The molecule has 0 aromatic carbocycles. The van der Waals surface area contributed by atoms with Crippen molar-refractivity contribution in [3.8, 4) is 0 Å². The van der Waals surface area contributed by atoms with Crippen LogP contribution in [0.1, 0.15) is 47.0 Å². The maximum atomic E-state index is 5.79. The van der Waals surface area contributed by atoms with Gasteiger partial charge in [0, 0.05) is 5.70 Å². The number of allylic oxidation sites excluding steroid dienone is 3. The Labute approximate surface area is 88.1 Å². The molecule has 0 radical (unpaired) electrons. The molecule has 80 valence electrons. The highest BCUT2D eigenvalue weighted by Crippen LogP contribution is 2.43. The van der Waals surface area contributed by atoms with Gasteiger partial charge < -0.3 is 5.73 Å². The molecule has 0 bridgehead atoms. The fraction of sp³-hybridized carbons (Fsp3) is 0.692.